The normalized spacial score (nSPS) is 14.5. The molecule has 8 nitrogen and oxygen atoms in total. The van der Waals surface area contributed by atoms with Crippen molar-refractivity contribution in [2.75, 3.05) is 0 Å². The molecule has 0 saturated carbocycles. The van der Waals surface area contributed by atoms with E-state index in [2.05, 4.69) is 15.1 Å². The van der Waals surface area contributed by atoms with Crippen LogP contribution < -0.4 is 10.4 Å². The largest absolute Gasteiger partial charge is 0.437 e. The summed E-state index contributed by atoms with van der Waals surface area (Å²) in [5.74, 6) is 0.591. The Morgan fingerprint density at radius 2 is 1.83 bits per heavy atom. The van der Waals surface area contributed by atoms with Gasteiger partial charge in [0.2, 0.25) is 11.7 Å². The summed E-state index contributed by atoms with van der Waals surface area (Å²) in [6.07, 6.45) is 3.22. The molecule has 1 aliphatic heterocycles. The first-order chi connectivity index (χ1) is 17.2. The highest BCUT2D eigenvalue weighted by molar-refractivity contribution is 6.30. The number of halogens is 1. The third-order valence-corrected chi connectivity index (χ3v) is 6.27. The van der Waals surface area contributed by atoms with Crippen LogP contribution in [0.25, 0.3) is 28.1 Å². The first-order valence-electron chi connectivity index (χ1n) is 10.8. The van der Waals surface area contributed by atoms with E-state index < -0.39 is 11.5 Å². The summed E-state index contributed by atoms with van der Waals surface area (Å²) in [6, 6.07) is 20.1. The molecule has 0 radical (unpaired) electrons. The van der Waals surface area contributed by atoms with Gasteiger partial charge in [-0.1, -0.05) is 41.9 Å². The third-order valence-electron chi connectivity index (χ3n) is 6.04. The van der Waals surface area contributed by atoms with Gasteiger partial charge in [-0.25, -0.2) is 19.3 Å². The summed E-state index contributed by atoms with van der Waals surface area (Å²) in [4.78, 5) is 27.0. The lowest BCUT2D eigenvalue weighted by Crippen LogP contribution is -2.22. The van der Waals surface area contributed by atoms with Gasteiger partial charge < -0.3 is 9.15 Å². The monoisotopic (exact) mass is 479 g/mol. The van der Waals surface area contributed by atoms with E-state index in [1.807, 2.05) is 48.5 Å². The number of rotatable bonds is 2. The Balaban J connectivity index is 1.57. The molecule has 9 heteroatoms. The fourth-order valence-corrected chi connectivity index (χ4v) is 4.75. The Morgan fingerprint density at radius 1 is 0.943 bits per heavy atom. The lowest BCUT2D eigenvalue weighted by atomic mass is 9.84. The number of nitrogens with zero attached hydrogens (tertiary/aromatic N) is 5. The molecular weight excluding hydrogens is 466 g/mol. The topological polar surface area (TPSA) is 95.4 Å². The Hall–Kier alpha value is -4.56. The second-order valence-corrected chi connectivity index (χ2v) is 8.54. The SMILES string of the molecule is O=c1oc2ccccc2c2c1C(c1cccc(Cl)c1)c1c(ncn3nc(-c4ccccn4)nc13)O2. The number of para-hydroxylation sites is 1. The van der Waals surface area contributed by atoms with E-state index in [1.54, 1.807) is 35.2 Å². The van der Waals surface area contributed by atoms with Crippen LogP contribution in [-0.2, 0) is 0 Å². The molecule has 4 aromatic heterocycles. The molecule has 0 amide bonds. The van der Waals surface area contributed by atoms with Gasteiger partial charge in [0.1, 0.15) is 17.6 Å². The molecule has 0 saturated heterocycles. The van der Waals surface area contributed by atoms with Crippen molar-refractivity contribution in [1.29, 1.82) is 0 Å². The molecule has 0 N–H and O–H groups in total. The predicted molar refractivity (Wildman–Crippen MR) is 129 cm³/mol. The van der Waals surface area contributed by atoms with Gasteiger partial charge in [-0.3, -0.25) is 4.98 Å². The van der Waals surface area contributed by atoms with Crippen molar-refractivity contribution in [2.45, 2.75) is 5.92 Å². The van der Waals surface area contributed by atoms with Crippen LogP contribution in [0.3, 0.4) is 0 Å². The molecule has 6 aromatic rings. The van der Waals surface area contributed by atoms with Gasteiger partial charge in [0.05, 0.1) is 22.4 Å². The Bertz CT molecular complexity index is 1830. The highest BCUT2D eigenvalue weighted by Gasteiger charge is 2.37. The van der Waals surface area contributed by atoms with E-state index in [0.29, 0.717) is 55.9 Å². The maximum absolute atomic E-state index is 13.4. The van der Waals surface area contributed by atoms with Crippen molar-refractivity contribution >= 4 is 28.2 Å². The summed E-state index contributed by atoms with van der Waals surface area (Å²) >= 11 is 6.37. The van der Waals surface area contributed by atoms with Crippen LogP contribution >= 0.6 is 11.6 Å². The third kappa shape index (κ3) is 3.04. The highest BCUT2D eigenvalue weighted by atomic mass is 35.5. The van der Waals surface area contributed by atoms with Gasteiger partial charge >= 0.3 is 5.63 Å². The number of aromatic nitrogens is 5. The summed E-state index contributed by atoms with van der Waals surface area (Å²) in [5, 5.41) is 5.78. The van der Waals surface area contributed by atoms with Crippen molar-refractivity contribution in [1.82, 2.24) is 24.6 Å². The smallest absolute Gasteiger partial charge is 0.344 e. The first-order valence-corrected chi connectivity index (χ1v) is 11.2. The molecule has 0 bridgehead atoms. The average Bonchev–Trinajstić information content (AvgIpc) is 3.33. The molecule has 7 rings (SSSR count). The zero-order chi connectivity index (χ0) is 23.5. The van der Waals surface area contributed by atoms with Crippen molar-refractivity contribution in [3.05, 3.63) is 111 Å². The van der Waals surface area contributed by atoms with Crippen molar-refractivity contribution in [2.24, 2.45) is 0 Å². The van der Waals surface area contributed by atoms with Crippen LogP contribution in [0.4, 0.5) is 0 Å². The fourth-order valence-electron chi connectivity index (χ4n) is 4.55. The highest BCUT2D eigenvalue weighted by Crippen LogP contribution is 2.49. The average molecular weight is 480 g/mol. The molecular formula is C26H14ClN5O3. The molecule has 35 heavy (non-hydrogen) atoms. The van der Waals surface area contributed by atoms with Gasteiger partial charge in [-0.15, -0.1) is 5.10 Å². The van der Waals surface area contributed by atoms with E-state index in [-0.39, 0.29) is 0 Å². The van der Waals surface area contributed by atoms with Crippen LogP contribution in [0.15, 0.2) is 88.5 Å². The van der Waals surface area contributed by atoms with Gasteiger partial charge in [0.25, 0.3) is 0 Å². The standard InChI is InChI=1S/C26H14ClN5O3/c27-15-7-5-6-14(12-15)19-20-22(16-8-1-2-10-18(16)34-26(20)33)35-25-21(19)24-30-23(31-32(24)13-29-25)17-9-3-4-11-28-17/h1-13,19H. The molecule has 1 unspecified atom stereocenters. The number of fused-ring (bicyclic) bond motifs is 6. The molecule has 0 aliphatic carbocycles. The maximum atomic E-state index is 13.4. The number of hydrogen-bond acceptors (Lipinski definition) is 7. The Kier molecular flexibility index (Phi) is 4.24. The first kappa shape index (κ1) is 19.9. The number of pyridine rings is 1. The van der Waals surface area contributed by atoms with Crippen LogP contribution in [0, 0.1) is 0 Å². The van der Waals surface area contributed by atoms with E-state index in [9.17, 15) is 4.79 Å². The minimum absolute atomic E-state index is 0.339. The molecule has 5 heterocycles. The van der Waals surface area contributed by atoms with E-state index in [1.165, 1.54) is 0 Å². The lowest BCUT2D eigenvalue weighted by molar-refractivity contribution is 0.422. The van der Waals surface area contributed by atoms with Crippen LogP contribution in [0.5, 0.6) is 11.6 Å². The second kappa shape index (κ2) is 7.48. The van der Waals surface area contributed by atoms with E-state index in [4.69, 9.17) is 25.7 Å². The lowest BCUT2D eigenvalue weighted by Gasteiger charge is -2.27. The summed E-state index contributed by atoms with van der Waals surface area (Å²) in [7, 11) is 0. The van der Waals surface area contributed by atoms with Gasteiger partial charge in [-0.2, -0.15) is 0 Å². The second-order valence-electron chi connectivity index (χ2n) is 8.10. The molecule has 0 spiro atoms. The van der Waals surface area contributed by atoms with Crippen molar-refractivity contribution < 1.29 is 9.15 Å². The quantitative estimate of drug-likeness (QED) is 0.313. The van der Waals surface area contributed by atoms with Crippen LogP contribution in [0.2, 0.25) is 5.02 Å². The van der Waals surface area contributed by atoms with Crippen LogP contribution in [0.1, 0.15) is 22.6 Å². The van der Waals surface area contributed by atoms with E-state index >= 15 is 0 Å². The Labute approximate surface area is 202 Å². The van der Waals surface area contributed by atoms with Crippen molar-refractivity contribution in [3.8, 4) is 23.1 Å². The molecule has 1 atom stereocenters. The Morgan fingerprint density at radius 3 is 2.69 bits per heavy atom. The minimum atomic E-state index is -0.592. The zero-order valence-electron chi connectivity index (χ0n) is 17.9. The van der Waals surface area contributed by atoms with Crippen LogP contribution in [-0.4, -0.2) is 24.6 Å². The number of benzene rings is 2. The predicted octanol–water partition coefficient (Wildman–Crippen LogP) is 5.23. The molecule has 168 valence electrons. The molecule has 0 fully saturated rings. The molecule has 1 aliphatic rings. The minimum Gasteiger partial charge on any atom is -0.437 e. The van der Waals surface area contributed by atoms with E-state index in [0.717, 1.165) is 5.56 Å². The zero-order valence-corrected chi connectivity index (χ0v) is 18.7. The van der Waals surface area contributed by atoms with Crippen molar-refractivity contribution in [3.63, 3.8) is 0 Å². The maximum Gasteiger partial charge on any atom is 0.344 e. The summed E-state index contributed by atoms with van der Waals surface area (Å²) in [5.41, 5.74) is 2.79. The number of hydrogen-bond donors (Lipinski definition) is 0. The summed E-state index contributed by atoms with van der Waals surface area (Å²) < 4.78 is 13.5. The fraction of sp³-hybridized carbons (Fsp3) is 0.0385. The summed E-state index contributed by atoms with van der Waals surface area (Å²) in [6.45, 7) is 0. The van der Waals surface area contributed by atoms with Gasteiger partial charge in [0, 0.05) is 11.2 Å². The van der Waals surface area contributed by atoms with Gasteiger partial charge in [0.15, 0.2) is 11.4 Å². The van der Waals surface area contributed by atoms with Gasteiger partial charge in [-0.05, 0) is 42.0 Å². The number of ether oxygens (including phenoxy) is 1. The molecule has 2 aromatic carbocycles.